The molecule has 0 aliphatic heterocycles. The summed E-state index contributed by atoms with van der Waals surface area (Å²) in [4.78, 5) is 15.3. The largest absolute Gasteiger partial charge is 0.453 e. The summed E-state index contributed by atoms with van der Waals surface area (Å²) in [6.07, 6.45) is 1.72. The van der Waals surface area contributed by atoms with E-state index in [4.69, 9.17) is 14.6 Å². The first-order valence-corrected chi connectivity index (χ1v) is 4.31. The van der Waals surface area contributed by atoms with Gasteiger partial charge in [-0.05, 0) is 0 Å². The predicted octanol–water partition coefficient (Wildman–Crippen LogP) is -0.275. The lowest BCUT2D eigenvalue weighted by Gasteiger charge is -2.13. The fourth-order valence-corrected chi connectivity index (χ4v) is 0.697. The van der Waals surface area contributed by atoms with Gasteiger partial charge >= 0.3 is 5.97 Å². The van der Waals surface area contributed by atoms with E-state index in [1.807, 2.05) is 0 Å². The van der Waals surface area contributed by atoms with Crippen LogP contribution in [0.5, 0.6) is 0 Å². The maximum atomic E-state index is 11.0. The monoisotopic (exact) mass is 217 g/mol. The van der Waals surface area contributed by atoms with Gasteiger partial charge in [0.05, 0.1) is 19.8 Å². The number of oxime groups is 1. The predicted molar refractivity (Wildman–Crippen MR) is 53.5 cm³/mol. The first-order chi connectivity index (χ1) is 7.24. The van der Waals surface area contributed by atoms with E-state index in [0.29, 0.717) is 6.61 Å². The Kier molecular flexibility index (Phi) is 8.31. The molecule has 1 unspecified atom stereocenters. The topological polar surface area (TPSA) is 77.4 Å². The molecule has 0 saturated heterocycles. The molecule has 0 radical (unpaired) electrons. The molecular weight excluding hydrogens is 202 g/mol. The lowest BCUT2D eigenvalue weighted by Crippen LogP contribution is -2.27. The molecule has 6 nitrogen and oxygen atoms in total. The third kappa shape index (κ3) is 7.65. The number of ether oxygens (including phenoxy) is 2. The molecule has 86 valence electrons. The van der Waals surface area contributed by atoms with Crippen LogP contribution in [-0.2, 0) is 19.1 Å². The normalized spacial score (nSPS) is 12.4. The molecule has 1 atom stereocenters. The van der Waals surface area contributed by atoms with Crippen molar-refractivity contribution in [1.82, 2.24) is 0 Å². The van der Waals surface area contributed by atoms with Gasteiger partial charge in [0, 0.05) is 0 Å². The summed E-state index contributed by atoms with van der Waals surface area (Å²) in [5, 5.41) is 12.1. The quantitative estimate of drug-likeness (QED) is 0.199. The van der Waals surface area contributed by atoms with Gasteiger partial charge < -0.3 is 19.4 Å². The Morgan fingerprint density at radius 2 is 2.40 bits per heavy atom. The molecule has 0 spiro atoms. The summed E-state index contributed by atoms with van der Waals surface area (Å²) < 4.78 is 9.78. The fraction of sp³-hybridized carbons (Fsp3) is 0.556. The average Bonchev–Trinajstić information content (AvgIpc) is 2.25. The van der Waals surface area contributed by atoms with Gasteiger partial charge in [0.1, 0.15) is 13.2 Å². The minimum Gasteiger partial charge on any atom is -0.453 e. The van der Waals surface area contributed by atoms with Gasteiger partial charge in [0.15, 0.2) is 6.21 Å². The summed E-state index contributed by atoms with van der Waals surface area (Å²) >= 11 is 0. The number of aliphatic hydroxyl groups is 1. The Balaban J connectivity index is 3.81. The molecule has 0 saturated carbocycles. The van der Waals surface area contributed by atoms with E-state index >= 15 is 0 Å². The number of nitrogens with zero attached hydrogens (tertiary/aromatic N) is 1. The number of carbonyl (C=O) groups is 1. The third-order valence-electron chi connectivity index (χ3n) is 1.29. The van der Waals surface area contributed by atoms with Crippen molar-refractivity contribution in [2.75, 3.05) is 26.9 Å². The Hall–Kier alpha value is -1.40. The molecular formula is C9H15NO5. The van der Waals surface area contributed by atoms with E-state index in [9.17, 15) is 4.79 Å². The van der Waals surface area contributed by atoms with Crippen LogP contribution >= 0.6 is 0 Å². The molecule has 0 aromatic rings. The van der Waals surface area contributed by atoms with E-state index in [-0.39, 0.29) is 13.2 Å². The summed E-state index contributed by atoms with van der Waals surface area (Å²) in [5.41, 5.74) is 0. The van der Waals surface area contributed by atoms with Crippen molar-refractivity contribution in [1.29, 1.82) is 0 Å². The molecule has 0 heterocycles. The molecule has 0 bridgehead atoms. The molecule has 0 amide bonds. The van der Waals surface area contributed by atoms with E-state index < -0.39 is 12.1 Å². The number of carbonyl (C=O) groups excluding carboxylic acids is 1. The number of esters is 1. The van der Waals surface area contributed by atoms with Crippen LogP contribution in [0.1, 0.15) is 0 Å². The van der Waals surface area contributed by atoms with Crippen LogP contribution in [0, 0.1) is 0 Å². The summed E-state index contributed by atoms with van der Waals surface area (Å²) in [7, 11) is 1.31. The Morgan fingerprint density at radius 3 is 2.93 bits per heavy atom. The van der Waals surface area contributed by atoms with Gasteiger partial charge in [0.2, 0.25) is 0 Å². The highest BCUT2D eigenvalue weighted by Gasteiger charge is 2.11. The van der Waals surface area contributed by atoms with Crippen molar-refractivity contribution in [3.05, 3.63) is 12.7 Å². The maximum Gasteiger partial charge on any atom is 0.353 e. The molecule has 0 aromatic carbocycles. The van der Waals surface area contributed by atoms with Crippen LogP contribution < -0.4 is 0 Å². The molecule has 6 heteroatoms. The van der Waals surface area contributed by atoms with Crippen LogP contribution in [0.15, 0.2) is 17.8 Å². The highest BCUT2D eigenvalue weighted by Crippen LogP contribution is 1.93. The van der Waals surface area contributed by atoms with Crippen molar-refractivity contribution in [2.24, 2.45) is 5.16 Å². The molecule has 15 heavy (non-hydrogen) atoms. The number of aliphatic hydroxyl groups excluding tert-OH is 1. The SMILES string of the molecule is C=CCOCC(CO)OC(=O)C=NOC. The van der Waals surface area contributed by atoms with E-state index in [0.717, 1.165) is 6.21 Å². The number of rotatable bonds is 8. The Labute approximate surface area is 88.1 Å². The number of hydrogen-bond donors (Lipinski definition) is 1. The summed E-state index contributed by atoms with van der Waals surface area (Å²) in [6, 6.07) is 0. The second kappa shape index (κ2) is 9.17. The van der Waals surface area contributed by atoms with Crippen molar-refractivity contribution < 1.29 is 24.2 Å². The average molecular weight is 217 g/mol. The number of hydrogen-bond acceptors (Lipinski definition) is 6. The Bertz CT molecular complexity index is 217. The zero-order valence-corrected chi connectivity index (χ0v) is 8.59. The van der Waals surface area contributed by atoms with Gasteiger partial charge in [-0.3, -0.25) is 0 Å². The maximum absolute atomic E-state index is 11.0. The van der Waals surface area contributed by atoms with Crippen LogP contribution in [-0.4, -0.2) is 50.3 Å². The van der Waals surface area contributed by atoms with Crippen molar-refractivity contribution in [2.45, 2.75) is 6.10 Å². The van der Waals surface area contributed by atoms with E-state index in [1.54, 1.807) is 6.08 Å². The molecule has 0 rings (SSSR count). The molecule has 0 aliphatic carbocycles. The second-order valence-corrected chi connectivity index (χ2v) is 2.48. The van der Waals surface area contributed by atoms with Crippen molar-refractivity contribution in [3.8, 4) is 0 Å². The lowest BCUT2D eigenvalue weighted by molar-refractivity contribution is -0.145. The van der Waals surface area contributed by atoms with Gasteiger partial charge in [-0.25, -0.2) is 4.79 Å². The standard InChI is InChI=1S/C9H15NO5/c1-3-4-14-7-8(6-11)15-9(12)5-10-13-2/h3,5,8,11H,1,4,6-7H2,2H3. The van der Waals surface area contributed by atoms with E-state index in [1.165, 1.54) is 7.11 Å². The van der Waals surface area contributed by atoms with E-state index in [2.05, 4.69) is 16.6 Å². The van der Waals surface area contributed by atoms with Gasteiger partial charge in [-0.2, -0.15) is 0 Å². The fourth-order valence-electron chi connectivity index (χ4n) is 0.697. The first kappa shape index (κ1) is 13.6. The summed E-state index contributed by atoms with van der Waals surface area (Å²) in [5.74, 6) is -0.696. The van der Waals surface area contributed by atoms with Gasteiger partial charge in [0.25, 0.3) is 0 Å². The highest BCUT2D eigenvalue weighted by atomic mass is 16.6. The van der Waals surface area contributed by atoms with Gasteiger partial charge in [-0.1, -0.05) is 11.2 Å². The van der Waals surface area contributed by atoms with Crippen LogP contribution in [0.25, 0.3) is 0 Å². The Morgan fingerprint density at radius 1 is 1.67 bits per heavy atom. The minimum absolute atomic E-state index is 0.106. The zero-order chi connectivity index (χ0) is 11.5. The molecule has 0 aromatic heterocycles. The lowest BCUT2D eigenvalue weighted by atomic mass is 10.4. The first-order valence-electron chi connectivity index (χ1n) is 4.31. The molecule has 0 aliphatic rings. The molecule has 0 fully saturated rings. The third-order valence-corrected chi connectivity index (χ3v) is 1.29. The van der Waals surface area contributed by atoms with Crippen LogP contribution in [0.2, 0.25) is 0 Å². The van der Waals surface area contributed by atoms with Gasteiger partial charge in [-0.15, -0.1) is 6.58 Å². The summed E-state index contributed by atoms with van der Waals surface area (Å²) in [6.45, 7) is 3.58. The molecule has 1 N–H and O–H groups in total. The van der Waals surface area contributed by atoms with Crippen molar-refractivity contribution in [3.63, 3.8) is 0 Å². The van der Waals surface area contributed by atoms with Crippen LogP contribution in [0.4, 0.5) is 0 Å². The second-order valence-electron chi connectivity index (χ2n) is 2.48. The highest BCUT2D eigenvalue weighted by molar-refractivity contribution is 6.22. The zero-order valence-electron chi connectivity index (χ0n) is 8.59. The van der Waals surface area contributed by atoms with Crippen LogP contribution in [0.3, 0.4) is 0 Å². The van der Waals surface area contributed by atoms with Crippen molar-refractivity contribution >= 4 is 12.2 Å². The smallest absolute Gasteiger partial charge is 0.353 e. The minimum atomic E-state index is -0.708.